The molecule has 1 aliphatic rings. The van der Waals surface area contributed by atoms with Crippen LogP contribution in [0.5, 0.6) is 5.75 Å². The molecule has 0 amide bonds. The van der Waals surface area contributed by atoms with Crippen LogP contribution >= 0.6 is 11.6 Å². The molecule has 2 aromatic carbocycles. The van der Waals surface area contributed by atoms with Gasteiger partial charge in [0.15, 0.2) is 6.61 Å². The highest BCUT2D eigenvalue weighted by atomic mass is 35.5. The van der Waals surface area contributed by atoms with Gasteiger partial charge in [-0.3, -0.25) is 0 Å². The maximum atomic E-state index is 11.5. The summed E-state index contributed by atoms with van der Waals surface area (Å²) in [6, 6.07) is 15.7. The van der Waals surface area contributed by atoms with Crippen molar-refractivity contribution in [3.05, 3.63) is 76.8 Å². The van der Waals surface area contributed by atoms with Gasteiger partial charge in [0.05, 0.1) is 12.7 Å². The van der Waals surface area contributed by atoms with Crippen molar-refractivity contribution in [3.63, 3.8) is 0 Å². The molecule has 0 radical (unpaired) electrons. The van der Waals surface area contributed by atoms with Gasteiger partial charge in [-0.15, -0.1) is 0 Å². The second-order valence-corrected chi connectivity index (χ2v) is 9.15. The lowest BCUT2D eigenvalue weighted by atomic mass is 9.81. The number of hydrogen-bond acceptors (Lipinski definition) is 7. The van der Waals surface area contributed by atoms with E-state index in [1.54, 1.807) is 13.0 Å². The van der Waals surface area contributed by atoms with Crippen LogP contribution in [0.25, 0.3) is 0 Å². The Bertz CT molecular complexity index is 1070. The van der Waals surface area contributed by atoms with Crippen LogP contribution in [-0.4, -0.2) is 59.0 Å². The molecule has 206 valence electrons. The number of hydrogen-bond donors (Lipinski definition) is 4. The summed E-state index contributed by atoms with van der Waals surface area (Å²) in [7, 11) is 0. The molecule has 0 spiro atoms. The number of halogens is 1. The molecule has 0 bridgehead atoms. The van der Waals surface area contributed by atoms with Gasteiger partial charge in [0.1, 0.15) is 5.75 Å². The highest BCUT2D eigenvalue weighted by Crippen LogP contribution is 2.34. The maximum Gasteiger partial charge on any atom is 0.344 e. The van der Waals surface area contributed by atoms with Gasteiger partial charge in [0.25, 0.3) is 0 Å². The summed E-state index contributed by atoms with van der Waals surface area (Å²) in [4.78, 5) is 30.6. The fourth-order valence-electron chi connectivity index (χ4n) is 4.13. The standard InChI is InChI=1S/C24H30ClNO4.C4H4O4/c1-2-29-24(28)16-30-22-11-5-7-18(14-22)17-6-4-10-21(13-17)26-15-23(27)19-8-3-9-20(25)12-19;5-3(6)1-2-4(7)8/h3,5,7-9,11-12,14,17,21,23,26-27H,2,4,6,10,13,15-16H2,1H3;1-2H,(H,5,6)(H,7,8)/t17-,21-,23+;/m1./s1. The molecule has 2 aromatic rings. The van der Waals surface area contributed by atoms with Crippen LogP contribution in [-0.2, 0) is 19.1 Å². The minimum Gasteiger partial charge on any atom is -0.482 e. The number of ether oxygens (including phenoxy) is 2. The number of carbonyl (C=O) groups is 3. The Balaban J connectivity index is 0.000000550. The first kappa shape index (κ1) is 30.8. The lowest BCUT2D eigenvalue weighted by molar-refractivity contribution is -0.145. The predicted molar refractivity (Wildman–Crippen MR) is 142 cm³/mol. The zero-order chi connectivity index (χ0) is 27.9. The number of carboxylic acid groups (broad SMARTS) is 2. The predicted octanol–water partition coefficient (Wildman–Crippen LogP) is 4.34. The summed E-state index contributed by atoms with van der Waals surface area (Å²) in [6.07, 6.45) is 4.88. The lowest BCUT2D eigenvalue weighted by Gasteiger charge is -2.31. The molecule has 10 heteroatoms. The van der Waals surface area contributed by atoms with Gasteiger partial charge in [-0.05, 0) is 67.5 Å². The molecular formula is C28H34ClNO8. The van der Waals surface area contributed by atoms with E-state index in [0.717, 1.165) is 31.2 Å². The summed E-state index contributed by atoms with van der Waals surface area (Å²) >= 11 is 6.03. The average molecular weight is 548 g/mol. The second-order valence-electron chi connectivity index (χ2n) is 8.72. The Kier molecular flexibility index (Phi) is 13.3. The molecule has 3 atom stereocenters. The summed E-state index contributed by atoms with van der Waals surface area (Å²) in [5.41, 5.74) is 2.05. The number of nitrogens with one attached hydrogen (secondary N) is 1. The first-order valence-electron chi connectivity index (χ1n) is 12.4. The average Bonchev–Trinajstić information content (AvgIpc) is 2.90. The van der Waals surface area contributed by atoms with E-state index in [4.69, 9.17) is 31.3 Å². The van der Waals surface area contributed by atoms with E-state index < -0.39 is 18.0 Å². The number of carboxylic acids is 2. The van der Waals surface area contributed by atoms with E-state index in [1.165, 1.54) is 5.56 Å². The normalized spacial score (nSPS) is 17.7. The molecule has 0 aromatic heterocycles. The van der Waals surface area contributed by atoms with Crippen molar-refractivity contribution >= 4 is 29.5 Å². The third-order valence-electron chi connectivity index (χ3n) is 5.87. The van der Waals surface area contributed by atoms with Gasteiger partial charge in [-0.1, -0.05) is 42.3 Å². The van der Waals surface area contributed by atoms with E-state index in [2.05, 4.69) is 11.4 Å². The number of esters is 1. The van der Waals surface area contributed by atoms with Gasteiger partial charge in [0, 0.05) is 29.8 Å². The van der Waals surface area contributed by atoms with E-state index in [-0.39, 0.29) is 12.6 Å². The third-order valence-corrected chi connectivity index (χ3v) is 6.10. The fourth-order valence-corrected chi connectivity index (χ4v) is 4.33. The number of carbonyl (C=O) groups excluding carboxylic acids is 1. The van der Waals surface area contributed by atoms with Gasteiger partial charge in [0.2, 0.25) is 0 Å². The lowest BCUT2D eigenvalue weighted by Crippen LogP contribution is -2.36. The van der Waals surface area contributed by atoms with Crippen molar-refractivity contribution in [1.29, 1.82) is 0 Å². The van der Waals surface area contributed by atoms with Gasteiger partial charge in [-0.25, -0.2) is 14.4 Å². The van der Waals surface area contributed by atoms with Crippen molar-refractivity contribution in [1.82, 2.24) is 5.32 Å². The van der Waals surface area contributed by atoms with E-state index in [0.29, 0.717) is 48.0 Å². The highest BCUT2D eigenvalue weighted by Gasteiger charge is 2.24. The van der Waals surface area contributed by atoms with Crippen LogP contribution in [0.1, 0.15) is 55.8 Å². The van der Waals surface area contributed by atoms with Crippen LogP contribution in [0.2, 0.25) is 5.02 Å². The van der Waals surface area contributed by atoms with Crippen LogP contribution in [0, 0.1) is 0 Å². The Hall–Kier alpha value is -3.40. The molecule has 1 aliphatic carbocycles. The molecule has 0 saturated heterocycles. The summed E-state index contributed by atoms with van der Waals surface area (Å²) in [5.74, 6) is -1.76. The van der Waals surface area contributed by atoms with E-state index in [1.807, 2.05) is 36.4 Å². The molecular weight excluding hydrogens is 514 g/mol. The highest BCUT2D eigenvalue weighted by molar-refractivity contribution is 6.30. The quantitative estimate of drug-likeness (QED) is 0.238. The number of rotatable bonds is 11. The zero-order valence-corrected chi connectivity index (χ0v) is 22.0. The van der Waals surface area contributed by atoms with Crippen molar-refractivity contribution in [3.8, 4) is 5.75 Å². The Morgan fingerprint density at radius 2 is 1.79 bits per heavy atom. The van der Waals surface area contributed by atoms with Crippen LogP contribution < -0.4 is 10.1 Å². The summed E-state index contributed by atoms with van der Waals surface area (Å²) in [5, 5.41) is 30.2. The molecule has 9 nitrogen and oxygen atoms in total. The molecule has 4 N–H and O–H groups in total. The number of aliphatic carboxylic acids is 2. The zero-order valence-electron chi connectivity index (χ0n) is 21.2. The number of aliphatic hydroxyl groups is 1. The minimum atomic E-state index is -1.26. The second kappa shape index (κ2) is 16.4. The molecule has 3 rings (SSSR count). The molecule has 0 unspecified atom stereocenters. The fraction of sp³-hybridized carbons (Fsp3) is 0.393. The van der Waals surface area contributed by atoms with Crippen LogP contribution in [0.3, 0.4) is 0 Å². The molecule has 0 aliphatic heterocycles. The van der Waals surface area contributed by atoms with Crippen LogP contribution in [0.4, 0.5) is 0 Å². The smallest absolute Gasteiger partial charge is 0.344 e. The Morgan fingerprint density at radius 1 is 1.08 bits per heavy atom. The van der Waals surface area contributed by atoms with Crippen molar-refractivity contribution in [2.24, 2.45) is 0 Å². The number of benzene rings is 2. The summed E-state index contributed by atoms with van der Waals surface area (Å²) in [6.45, 7) is 2.55. The monoisotopic (exact) mass is 547 g/mol. The maximum absolute atomic E-state index is 11.5. The summed E-state index contributed by atoms with van der Waals surface area (Å²) < 4.78 is 10.5. The van der Waals surface area contributed by atoms with Crippen molar-refractivity contribution in [2.45, 2.75) is 50.7 Å². The van der Waals surface area contributed by atoms with E-state index in [9.17, 15) is 19.5 Å². The molecule has 38 heavy (non-hydrogen) atoms. The third kappa shape index (κ3) is 11.8. The largest absolute Gasteiger partial charge is 0.482 e. The van der Waals surface area contributed by atoms with Crippen molar-refractivity contribution < 1.29 is 39.2 Å². The van der Waals surface area contributed by atoms with Gasteiger partial charge >= 0.3 is 17.9 Å². The number of aliphatic hydroxyl groups excluding tert-OH is 1. The Labute approximate surface area is 227 Å². The van der Waals surface area contributed by atoms with Crippen molar-refractivity contribution in [2.75, 3.05) is 19.8 Å². The molecule has 0 heterocycles. The van der Waals surface area contributed by atoms with Gasteiger partial charge in [-0.2, -0.15) is 0 Å². The molecule has 1 fully saturated rings. The van der Waals surface area contributed by atoms with Gasteiger partial charge < -0.3 is 30.1 Å². The SMILES string of the molecule is CCOC(=O)COc1cccc([C@@H]2CCC[C@@H](NC[C@H](O)c3cccc(Cl)c3)C2)c1.O=C(O)C=CC(=O)O. The molecule has 1 saturated carbocycles. The van der Waals surface area contributed by atoms with E-state index >= 15 is 0 Å². The topological polar surface area (TPSA) is 142 Å². The first-order chi connectivity index (χ1) is 18.2. The first-order valence-corrected chi connectivity index (χ1v) is 12.7. The minimum absolute atomic E-state index is 0.0759. The Morgan fingerprint density at radius 3 is 2.45 bits per heavy atom. The van der Waals surface area contributed by atoms with Crippen LogP contribution in [0.15, 0.2) is 60.7 Å².